The van der Waals surface area contributed by atoms with Crippen LogP contribution in [0, 0.1) is 5.92 Å². The third-order valence-corrected chi connectivity index (χ3v) is 4.58. The number of likely N-dealkylation sites (tertiary alicyclic amines) is 1. The van der Waals surface area contributed by atoms with Gasteiger partial charge in [-0.25, -0.2) is 9.59 Å². The highest BCUT2D eigenvalue weighted by molar-refractivity contribution is 7.10. The van der Waals surface area contributed by atoms with E-state index in [4.69, 9.17) is 0 Å². The van der Waals surface area contributed by atoms with E-state index >= 15 is 0 Å². The lowest BCUT2D eigenvalue weighted by Gasteiger charge is -2.25. The van der Waals surface area contributed by atoms with Crippen LogP contribution in [0.15, 0.2) is 17.5 Å². The van der Waals surface area contributed by atoms with E-state index in [9.17, 15) is 14.7 Å². The summed E-state index contributed by atoms with van der Waals surface area (Å²) in [6.07, 6.45) is 0.734. The van der Waals surface area contributed by atoms with Crippen molar-refractivity contribution in [3.05, 3.63) is 22.4 Å². The molecule has 0 saturated carbocycles. The number of rotatable bonds is 3. The van der Waals surface area contributed by atoms with Crippen LogP contribution < -0.4 is 5.32 Å². The zero-order valence-electron chi connectivity index (χ0n) is 11.0. The van der Waals surface area contributed by atoms with Gasteiger partial charge in [0.25, 0.3) is 0 Å². The van der Waals surface area contributed by atoms with Crippen LogP contribution in [0.1, 0.15) is 31.2 Å². The number of amides is 2. The second-order valence-corrected chi connectivity index (χ2v) is 5.91. The first-order chi connectivity index (χ1) is 9.00. The number of carboxylic acid groups (broad SMARTS) is 1. The number of hydrogen-bond donors (Lipinski definition) is 2. The Hall–Kier alpha value is -1.56. The summed E-state index contributed by atoms with van der Waals surface area (Å²) in [5.74, 6) is -0.927. The van der Waals surface area contributed by atoms with Gasteiger partial charge in [0.15, 0.2) is 0 Å². The first kappa shape index (κ1) is 13.9. The Kier molecular flexibility index (Phi) is 4.09. The highest BCUT2D eigenvalue weighted by Gasteiger charge is 2.39. The van der Waals surface area contributed by atoms with Crippen molar-refractivity contribution in [3.8, 4) is 0 Å². The first-order valence-electron chi connectivity index (χ1n) is 6.34. The van der Waals surface area contributed by atoms with Gasteiger partial charge in [-0.2, -0.15) is 0 Å². The number of carbonyl (C=O) groups excluding carboxylic acids is 1. The van der Waals surface area contributed by atoms with Crippen molar-refractivity contribution in [2.45, 2.75) is 32.4 Å². The third-order valence-electron chi connectivity index (χ3n) is 3.52. The molecule has 2 heterocycles. The van der Waals surface area contributed by atoms with Crippen LogP contribution in [0.5, 0.6) is 0 Å². The van der Waals surface area contributed by atoms with E-state index in [1.54, 1.807) is 11.3 Å². The van der Waals surface area contributed by atoms with Crippen molar-refractivity contribution in [1.82, 2.24) is 10.2 Å². The van der Waals surface area contributed by atoms with Crippen LogP contribution in [-0.4, -0.2) is 34.6 Å². The zero-order chi connectivity index (χ0) is 14.0. The molecule has 3 atom stereocenters. The molecule has 1 saturated heterocycles. The predicted molar refractivity (Wildman–Crippen MR) is 73.2 cm³/mol. The minimum atomic E-state index is -0.927. The molecule has 1 aromatic rings. The van der Waals surface area contributed by atoms with Crippen LogP contribution in [-0.2, 0) is 4.79 Å². The average Bonchev–Trinajstić information content (AvgIpc) is 2.96. The monoisotopic (exact) mass is 282 g/mol. The van der Waals surface area contributed by atoms with Gasteiger partial charge in [0.05, 0.1) is 6.04 Å². The Bertz CT molecular complexity index is 460. The SMILES string of the molecule is CC(NC(=O)N1CCC(C)C1C(=O)O)c1cccs1. The fourth-order valence-electron chi connectivity index (χ4n) is 2.43. The molecule has 2 rings (SSSR count). The second kappa shape index (κ2) is 5.61. The smallest absolute Gasteiger partial charge is 0.326 e. The van der Waals surface area contributed by atoms with Gasteiger partial charge in [0.1, 0.15) is 6.04 Å². The molecule has 3 unspecified atom stereocenters. The molecule has 2 amide bonds. The van der Waals surface area contributed by atoms with Gasteiger partial charge in [-0.3, -0.25) is 0 Å². The molecule has 0 aliphatic carbocycles. The molecule has 0 radical (unpaired) electrons. The average molecular weight is 282 g/mol. The maximum absolute atomic E-state index is 12.2. The van der Waals surface area contributed by atoms with Gasteiger partial charge >= 0.3 is 12.0 Å². The minimum Gasteiger partial charge on any atom is -0.480 e. The van der Waals surface area contributed by atoms with E-state index in [1.165, 1.54) is 4.90 Å². The van der Waals surface area contributed by atoms with E-state index in [2.05, 4.69) is 5.32 Å². The molecule has 1 aromatic heterocycles. The molecule has 1 aliphatic heterocycles. The van der Waals surface area contributed by atoms with Crippen LogP contribution in [0.25, 0.3) is 0 Å². The van der Waals surface area contributed by atoms with Crippen molar-refractivity contribution >= 4 is 23.3 Å². The number of thiophene rings is 1. The molecule has 2 N–H and O–H groups in total. The van der Waals surface area contributed by atoms with E-state index < -0.39 is 12.0 Å². The number of aliphatic carboxylic acids is 1. The lowest BCUT2D eigenvalue weighted by Crippen LogP contribution is -2.48. The summed E-state index contributed by atoms with van der Waals surface area (Å²) >= 11 is 1.57. The topological polar surface area (TPSA) is 69.6 Å². The normalized spacial score (nSPS) is 24.2. The molecule has 6 heteroatoms. The molecule has 5 nitrogen and oxygen atoms in total. The molecule has 0 bridgehead atoms. The number of carbonyl (C=O) groups is 2. The quantitative estimate of drug-likeness (QED) is 0.894. The van der Waals surface area contributed by atoms with E-state index in [0.717, 1.165) is 11.3 Å². The summed E-state index contributed by atoms with van der Waals surface area (Å²) in [5, 5.41) is 14.0. The Morgan fingerprint density at radius 1 is 1.58 bits per heavy atom. The summed E-state index contributed by atoms with van der Waals surface area (Å²) < 4.78 is 0. The maximum atomic E-state index is 12.2. The fourth-order valence-corrected chi connectivity index (χ4v) is 3.16. The number of nitrogens with zero attached hydrogens (tertiary/aromatic N) is 1. The zero-order valence-corrected chi connectivity index (χ0v) is 11.8. The Morgan fingerprint density at radius 3 is 2.89 bits per heavy atom. The van der Waals surface area contributed by atoms with Crippen LogP contribution in [0.2, 0.25) is 0 Å². The highest BCUT2D eigenvalue weighted by atomic mass is 32.1. The first-order valence-corrected chi connectivity index (χ1v) is 7.22. The number of nitrogens with one attached hydrogen (secondary N) is 1. The number of carboxylic acids is 1. The summed E-state index contributed by atoms with van der Waals surface area (Å²) in [5.41, 5.74) is 0. The molecule has 0 spiro atoms. The predicted octanol–water partition coefficient (Wildman–Crippen LogP) is 2.31. The third kappa shape index (κ3) is 2.89. The van der Waals surface area contributed by atoms with Crippen molar-refractivity contribution in [2.75, 3.05) is 6.54 Å². The lowest BCUT2D eigenvalue weighted by atomic mass is 10.0. The fraction of sp³-hybridized carbons (Fsp3) is 0.538. The van der Waals surface area contributed by atoms with Crippen molar-refractivity contribution in [2.24, 2.45) is 5.92 Å². The molecular formula is C13H18N2O3S. The van der Waals surface area contributed by atoms with E-state index in [0.29, 0.717) is 6.54 Å². The number of urea groups is 1. The summed E-state index contributed by atoms with van der Waals surface area (Å²) in [6.45, 7) is 4.27. The maximum Gasteiger partial charge on any atom is 0.326 e. The Labute approximate surface area is 116 Å². The standard InChI is InChI=1S/C13H18N2O3S/c1-8-5-6-15(11(8)12(16)17)13(18)14-9(2)10-4-3-7-19-10/h3-4,7-9,11H,5-6H2,1-2H3,(H,14,18)(H,16,17). The second-order valence-electron chi connectivity index (χ2n) is 4.93. The largest absolute Gasteiger partial charge is 0.480 e. The molecule has 0 aromatic carbocycles. The van der Waals surface area contributed by atoms with Crippen LogP contribution >= 0.6 is 11.3 Å². The molecular weight excluding hydrogens is 264 g/mol. The summed E-state index contributed by atoms with van der Waals surface area (Å²) in [4.78, 5) is 25.9. The molecule has 104 valence electrons. The van der Waals surface area contributed by atoms with Crippen molar-refractivity contribution in [3.63, 3.8) is 0 Å². The van der Waals surface area contributed by atoms with Crippen molar-refractivity contribution < 1.29 is 14.7 Å². The Balaban J connectivity index is 2.02. The van der Waals surface area contributed by atoms with Crippen LogP contribution in [0.4, 0.5) is 4.79 Å². The van der Waals surface area contributed by atoms with Crippen LogP contribution in [0.3, 0.4) is 0 Å². The number of hydrogen-bond acceptors (Lipinski definition) is 3. The van der Waals surface area contributed by atoms with Gasteiger partial charge in [-0.05, 0) is 30.7 Å². The van der Waals surface area contributed by atoms with Gasteiger partial charge in [-0.15, -0.1) is 11.3 Å². The van der Waals surface area contributed by atoms with Gasteiger partial charge in [-0.1, -0.05) is 13.0 Å². The van der Waals surface area contributed by atoms with E-state index in [-0.39, 0.29) is 18.0 Å². The minimum absolute atomic E-state index is 0.000272. The van der Waals surface area contributed by atoms with Crippen molar-refractivity contribution in [1.29, 1.82) is 0 Å². The molecule has 1 fully saturated rings. The molecule has 19 heavy (non-hydrogen) atoms. The summed E-state index contributed by atoms with van der Waals surface area (Å²) in [7, 11) is 0. The van der Waals surface area contributed by atoms with Gasteiger partial charge < -0.3 is 15.3 Å². The highest BCUT2D eigenvalue weighted by Crippen LogP contribution is 2.25. The summed E-state index contributed by atoms with van der Waals surface area (Å²) in [6, 6.07) is 2.78. The van der Waals surface area contributed by atoms with Gasteiger partial charge in [0.2, 0.25) is 0 Å². The lowest BCUT2D eigenvalue weighted by molar-refractivity contribution is -0.142. The van der Waals surface area contributed by atoms with E-state index in [1.807, 2.05) is 31.4 Å². The molecule has 1 aliphatic rings. The van der Waals surface area contributed by atoms with Gasteiger partial charge in [0, 0.05) is 11.4 Å². The Morgan fingerprint density at radius 2 is 2.32 bits per heavy atom.